The van der Waals surface area contributed by atoms with Crippen molar-refractivity contribution in [3.8, 4) is 0 Å². The maximum atomic E-state index is 14.1. The lowest BCUT2D eigenvalue weighted by molar-refractivity contribution is -0.148. The van der Waals surface area contributed by atoms with Crippen LogP contribution in [-0.4, -0.2) is 93.4 Å². The zero-order valence-corrected chi connectivity index (χ0v) is 20.6. The molecule has 2 bridgehead atoms. The van der Waals surface area contributed by atoms with Gasteiger partial charge in [0, 0.05) is 23.2 Å². The van der Waals surface area contributed by atoms with Crippen LogP contribution in [0.1, 0.15) is 6.42 Å². The van der Waals surface area contributed by atoms with Gasteiger partial charge in [-0.15, -0.1) is 23.4 Å². The molecule has 3 unspecified atom stereocenters. The van der Waals surface area contributed by atoms with Crippen molar-refractivity contribution in [2.24, 2.45) is 11.8 Å². The molecule has 3 aliphatic rings. The number of fused-ring (bicyclic) bond motifs is 2. The maximum absolute atomic E-state index is 14.1. The van der Waals surface area contributed by atoms with Gasteiger partial charge in [0.05, 0.1) is 28.7 Å². The number of aliphatic hydroxyl groups excluding tert-OH is 1. The molecule has 0 aliphatic carbocycles. The smallest absolute Gasteiger partial charge is 0.308 e. The van der Waals surface area contributed by atoms with Crippen LogP contribution in [0.25, 0.3) is 11.0 Å². The zero-order valence-electron chi connectivity index (χ0n) is 18.2. The molecule has 2 aromatic rings. The molecule has 6 atom stereocenters. The molecule has 10 nitrogen and oxygen atoms in total. The van der Waals surface area contributed by atoms with Gasteiger partial charge in [-0.2, -0.15) is 0 Å². The van der Waals surface area contributed by atoms with E-state index in [0.29, 0.717) is 11.9 Å². The van der Waals surface area contributed by atoms with Crippen molar-refractivity contribution in [1.82, 2.24) is 24.8 Å². The summed E-state index contributed by atoms with van der Waals surface area (Å²) in [6.45, 7) is 3.73. The van der Waals surface area contributed by atoms with Crippen LogP contribution in [0.15, 0.2) is 36.9 Å². The predicted molar refractivity (Wildman–Crippen MR) is 128 cm³/mol. The van der Waals surface area contributed by atoms with E-state index in [4.69, 9.17) is 0 Å². The number of halogens is 1. The van der Waals surface area contributed by atoms with Gasteiger partial charge in [-0.3, -0.25) is 14.4 Å². The molecule has 2 amide bonds. The van der Waals surface area contributed by atoms with Crippen LogP contribution in [0.5, 0.6) is 0 Å². The number of hydrogen-bond donors (Lipinski definition) is 2. The first-order valence-corrected chi connectivity index (χ1v) is 12.8. The third kappa shape index (κ3) is 3.29. The summed E-state index contributed by atoms with van der Waals surface area (Å²) in [6.07, 6.45) is 2.10. The molecular formula is C22H24BrN5O5S. The Morgan fingerprint density at radius 2 is 2.15 bits per heavy atom. The fourth-order valence-electron chi connectivity index (χ4n) is 5.77. The van der Waals surface area contributed by atoms with Gasteiger partial charge in [-0.05, 0) is 18.6 Å². The van der Waals surface area contributed by atoms with Crippen LogP contribution in [0.4, 0.5) is 0 Å². The summed E-state index contributed by atoms with van der Waals surface area (Å²) in [7, 11) is 0. The summed E-state index contributed by atoms with van der Waals surface area (Å²) >= 11 is 5.04. The second kappa shape index (κ2) is 8.65. The van der Waals surface area contributed by atoms with Crippen LogP contribution in [-0.2, 0) is 21.1 Å². The summed E-state index contributed by atoms with van der Waals surface area (Å²) in [5.74, 6) is -3.42. The van der Waals surface area contributed by atoms with E-state index in [1.807, 2.05) is 24.3 Å². The molecule has 1 spiro atoms. The van der Waals surface area contributed by atoms with E-state index < -0.39 is 28.6 Å². The minimum absolute atomic E-state index is 0.0355. The van der Waals surface area contributed by atoms with Crippen LogP contribution in [0.2, 0.25) is 0 Å². The van der Waals surface area contributed by atoms with Crippen molar-refractivity contribution in [3.63, 3.8) is 0 Å². The summed E-state index contributed by atoms with van der Waals surface area (Å²) in [5.41, 5.74) is 1.46. The summed E-state index contributed by atoms with van der Waals surface area (Å²) in [5, 5.41) is 27.7. The van der Waals surface area contributed by atoms with Gasteiger partial charge < -0.3 is 20.0 Å². The number of alkyl halides is 1. The molecular weight excluding hydrogens is 526 g/mol. The van der Waals surface area contributed by atoms with Crippen LogP contribution in [0, 0.1) is 11.8 Å². The molecule has 1 aromatic carbocycles. The normalized spacial score (nSPS) is 31.8. The molecule has 3 saturated heterocycles. The average molecular weight is 550 g/mol. The number of aliphatic hydroxyl groups is 1. The predicted octanol–water partition coefficient (Wildman–Crippen LogP) is 0.945. The van der Waals surface area contributed by atoms with Gasteiger partial charge >= 0.3 is 5.97 Å². The van der Waals surface area contributed by atoms with Gasteiger partial charge in [0.1, 0.15) is 18.2 Å². The molecule has 1 aromatic heterocycles. The van der Waals surface area contributed by atoms with Crippen LogP contribution < -0.4 is 0 Å². The molecule has 0 radical (unpaired) electrons. The number of para-hydroxylation sites is 1. The first-order valence-electron chi connectivity index (χ1n) is 11.0. The highest BCUT2D eigenvalue weighted by molar-refractivity contribution is 9.09. The highest BCUT2D eigenvalue weighted by atomic mass is 79.9. The third-order valence-corrected chi connectivity index (χ3v) is 10.3. The van der Waals surface area contributed by atoms with Crippen molar-refractivity contribution in [3.05, 3.63) is 36.9 Å². The van der Waals surface area contributed by atoms with Gasteiger partial charge in [0.2, 0.25) is 11.8 Å². The fourth-order valence-corrected chi connectivity index (χ4v) is 9.37. The largest absolute Gasteiger partial charge is 0.481 e. The van der Waals surface area contributed by atoms with Crippen molar-refractivity contribution in [2.45, 2.75) is 34.0 Å². The van der Waals surface area contributed by atoms with E-state index >= 15 is 0 Å². The average Bonchev–Trinajstić information content (AvgIpc) is 3.51. The first kappa shape index (κ1) is 23.3. The Labute approximate surface area is 208 Å². The summed E-state index contributed by atoms with van der Waals surface area (Å²) < 4.78 is 0.737. The van der Waals surface area contributed by atoms with E-state index in [1.165, 1.54) is 16.7 Å². The van der Waals surface area contributed by atoms with E-state index in [9.17, 15) is 24.6 Å². The standard InChI is InChI=1S/C22H24BrN5O5S/c1-2-7-26(11-28-14-6-4-3-5-13(14)24-25-28)20(31)18-22-10-12(23)17(34-22)15(21(32)33)16(22)19(30)27(18)8-9-29/h2-6,12,15-18,29H,1,7-11H2,(H,32,33)/t12?,15-,16-,17-,18?,22?/m0/s1. The summed E-state index contributed by atoms with van der Waals surface area (Å²) in [6, 6.07) is 6.51. The van der Waals surface area contributed by atoms with Gasteiger partial charge in [-0.1, -0.05) is 39.4 Å². The number of carboxylic acids is 1. The number of carbonyl (C=O) groups excluding carboxylic acids is 2. The molecule has 5 rings (SSSR count). The molecule has 2 N–H and O–H groups in total. The van der Waals surface area contributed by atoms with Crippen molar-refractivity contribution >= 4 is 56.5 Å². The Morgan fingerprint density at radius 1 is 1.38 bits per heavy atom. The number of amides is 2. The lowest BCUT2D eigenvalue weighted by atomic mass is 9.71. The zero-order chi connectivity index (χ0) is 24.2. The molecule has 0 saturated carbocycles. The Hall–Kier alpha value is -2.44. The van der Waals surface area contributed by atoms with E-state index in [0.717, 1.165) is 5.52 Å². The highest BCUT2D eigenvalue weighted by Crippen LogP contribution is 2.67. The number of aromatic nitrogens is 3. The molecule has 34 heavy (non-hydrogen) atoms. The lowest BCUT2D eigenvalue weighted by Crippen LogP contribution is -2.55. The second-order valence-corrected chi connectivity index (χ2v) is 11.5. The number of hydrogen-bond acceptors (Lipinski definition) is 7. The topological polar surface area (TPSA) is 129 Å². The number of likely N-dealkylation sites (tertiary alicyclic amines) is 1. The first-order chi connectivity index (χ1) is 16.3. The lowest BCUT2D eigenvalue weighted by Gasteiger charge is -2.37. The number of benzene rings is 1. The molecule has 4 heterocycles. The molecule has 12 heteroatoms. The fraction of sp³-hybridized carbons (Fsp3) is 0.500. The quantitative estimate of drug-likeness (QED) is 0.367. The van der Waals surface area contributed by atoms with E-state index in [-0.39, 0.29) is 48.3 Å². The van der Waals surface area contributed by atoms with Gasteiger partial charge in [0.25, 0.3) is 0 Å². The van der Waals surface area contributed by atoms with Crippen molar-refractivity contribution in [1.29, 1.82) is 0 Å². The number of β-amino-alcohol motifs (C(OH)–C–C–N with tert-alkyl or cyclic N) is 1. The molecule has 180 valence electrons. The van der Waals surface area contributed by atoms with Crippen molar-refractivity contribution in [2.75, 3.05) is 19.7 Å². The number of thioether (sulfide) groups is 1. The highest BCUT2D eigenvalue weighted by Gasteiger charge is 2.76. The summed E-state index contributed by atoms with van der Waals surface area (Å²) in [4.78, 5) is 42.5. The Balaban J connectivity index is 1.54. The Kier molecular flexibility index (Phi) is 5.93. The van der Waals surface area contributed by atoms with Gasteiger partial charge in [0.15, 0.2) is 0 Å². The Bertz CT molecular complexity index is 1180. The number of carboxylic acid groups (broad SMARTS) is 1. The molecule has 3 fully saturated rings. The number of aliphatic carboxylic acids is 1. The van der Waals surface area contributed by atoms with Crippen molar-refractivity contribution < 1.29 is 24.6 Å². The minimum Gasteiger partial charge on any atom is -0.481 e. The van der Waals surface area contributed by atoms with Crippen LogP contribution in [0.3, 0.4) is 0 Å². The van der Waals surface area contributed by atoms with E-state index in [1.54, 1.807) is 15.7 Å². The Morgan fingerprint density at radius 3 is 2.85 bits per heavy atom. The van der Waals surface area contributed by atoms with E-state index in [2.05, 4.69) is 32.8 Å². The van der Waals surface area contributed by atoms with Gasteiger partial charge in [-0.25, -0.2) is 4.68 Å². The van der Waals surface area contributed by atoms with Crippen LogP contribution >= 0.6 is 27.7 Å². The second-order valence-electron chi connectivity index (χ2n) is 8.83. The molecule has 3 aliphatic heterocycles. The number of nitrogens with zero attached hydrogens (tertiary/aromatic N) is 5. The third-order valence-electron chi connectivity index (χ3n) is 7.04. The maximum Gasteiger partial charge on any atom is 0.308 e. The minimum atomic E-state index is -1.03. The number of rotatable bonds is 8. The monoisotopic (exact) mass is 549 g/mol. The SMILES string of the molecule is C=CCN(Cn1nnc2ccccc21)C(=O)C1N(CCO)C(=O)[C@@H]2[C@H](C(=O)O)[C@H]3SC12CC3Br. The number of carbonyl (C=O) groups is 3.